The van der Waals surface area contributed by atoms with Crippen molar-refractivity contribution in [1.82, 2.24) is 0 Å². The van der Waals surface area contributed by atoms with Crippen molar-refractivity contribution in [2.45, 2.75) is 96.8 Å². The molecule has 0 aliphatic carbocycles. The number of thiocarbonyl (C=S) groups is 1. The summed E-state index contributed by atoms with van der Waals surface area (Å²) in [6.07, 6.45) is 23.6. The third-order valence-corrected chi connectivity index (χ3v) is 3.98. The molecule has 3 heteroatoms. The Labute approximate surface area is 168 Å². The Morgan fingerprint density at radius 1 is 0.773 bits per heavy atom. The van der Waals surface area contributed by atoms with Gasteiger partial charge in [-0.15, -0.1) is 0 Å². The van der Waals surface area contributed by atoms with Crippen LogP contribution in [0.1, 0.15) is 98.2 Å². The van der Waals surface area contributed by atoms with Crippen LogP contribution in [0.5, 0.6) is 0 Å². The summed E-state index contributed by atoms with van der Waals surface area (Å²) in [6, 6.07) is 0. The van der Waals surface area contributed by atoms with Crippen LogP contribution >= 0.6 is 12.2 Å². The van der Waals surface area contributed by atoms with Gasteiger partial charge in [-0.2, -0.15) is 0 Å². The van der Waals surface area contributed by atoms with Gasteiger partial charge >= 0.3 is 29.6 Å². The van der Waals surface area contributed by atoms with Gasteiger partial charge < -0.3 is 1.43 Å². The quantitative estimate of drug-likeness (QED) is 0.135. The second kappa shape index (κ2) is 23.8. The second-order valence-electron chi connectivity index (χ2n) is 5.91. The molecule has 0 aliphatic rings. The van der Waals surface area contributed by atoms with E-state index in [2.05, 4.69) is 41.4 Å². The van der Waals surface area contributed by atoms with Gasteiger partial charge in [-0.25, -0.2) is 4.99 Å². The van der Waals surface area contributed by atoms with Crippen LogP contribution in [0.15, 0.2) is 17.1 Å². The molecule has 1 nitrogen and oxygen atoms in total. The number of hydrogen-bond donors (Lipinski definition) is 0. The van der Waals surface area contributed by atoms with E-state index in [1.165, 1.54) is 89.9 Å². The van der Waals surface area contributed by atoms with E-state index in [4.69, 9.17) is 0 Å². The van der Waals surface area contributed by atoms with Crippen LogP contribution in [0.4, 0.5) is 0 Å². The molecule has 0 unspecified atom stereocenters. The normalized spacial score (nSPS) is 10.4. The summed E-state index contributed by atoms with van der Waals surface area (Å²) in [5.41, 5.74) is 0. The predicted octanol–water partition coefficient (Wildman–Crippen LogP) is 4.24. The van der Waals surface area contributed by atoms with Crippen molar-refractivity contribution in [2.24, 2.45) is 4.99 Å². The molecule has 0 aliphatic heterocycles. The summed E-state index contributed by atoms with van der Waals surface area (Å²) in [4.78, 5) is 3.93. The number of unbranched alkanes of at least 4 members (excludes halogenated alkanes) is 12. The fourth-order valence-electron chi connectivity index (χ4n) is 2.48. The molecule has 0 aromatic rings. The maximum absolute atomic E-state index is 4.54. The minimum atomic E-state index is 0. The fraction of sp³-hybridized carbons (Fsp3) is 0.842. The van der Waals surface area contributed by atoms with Gasteiger partial charge in [-0.05, 0) is 44.3 Å². The zero-order valence-corrected chi connectivity index (χ0v) is 17.9. The van der Waals surface area contributed by atoms with E-state index in [-0.39, 0.29) is 31.0 Å². The summed E-state index contributed by atoms with van der Waals surface area (Å²) in [5, 5.41) is 2.42. The monoisotopic (exact) mass is 333 g/mol. The minimum Gasteiger partial charge on any atom is -1.00 e. The fourth-order valence-corrected chi connectivity index (χ4v) is 2.58. The molecule has 0 bridgehead atoms. The molecule has 0 atom stereocenters. The summed E-state index contributed by atoms with van der Waals surface area (Å²) in [5.74, 6) is 0. The Balaban J connectivity index is -0.00000200. The third-order valence-electron chi connectivity index (χ3n) is 3.85. The Morgan fingerprint density at radius 3 is 1.73 bits per heavy atom. The van der Waals surface area contributed by atoms with Gasteiger partial charge in [0.1, 0.15) is 0 Å². The summed E-state index contributed by atoms with van der Waals surface area (Å²) in [7, 11) is 0. The van der Waals surface area contributed by atoms with Gasteiger partial charge in [0.2, 0.25) is 0 Å². The number of hydrogen-bond acceptors (Lipinski definition) is 2. The molecule has 0 aromatic heterocycles. The van der Waals surface area contributed by atoms with Crippen molar-refractivity contribution < 1.29 is 31.0 Å². The van der Waals surface area contributed by atoms with Crippen LogP contribution in [0.2, 0.25) is 0 Å². The Kier molecular flexibility index (Phi) is 26.8. The van der Waals surface area contributed by atoms with Crippen molar-refractivity contribution in [1.29, 1.82) is 0 Å². The molecule has 0 saturated carbocycles. The van der Waals surface area contributed by atoms with Crippen LogP contribution in [-0.4, -0.2) is 11.7 Å². The first kappa shape index (κ1) is 24.8. The van der Waals surface area contributed by atoms with Crippen LogP contribution < -0.4 is 29.6 Å². The van der Waals surface area contributed by atoms with Gasteiger partial charge in [0, 0.05) is 6.54 Å². The zero-order chi connectivity index (χ0) is 15.4. The average Bonchev–Trinajstić information content (AvgIpc) is 2.50. The third kappa shape index (κ3) is 22.8. The van der Waals surface area contributed by atoms with E-state index in [9.17, 15) is 0 Å². The van der Waals surface area contributed by atoms with Gasteiger partial charge in [-0.3, -0.25) is 0 Å². The largest absolute Gasteiger partial charge is 1.00 e. The van der Waals surface area contributed by atoms with Gasteiger partial charge in [0.05, 0.1) is 5.16 Å². The molecule has 0 aromatic carbocycles. The van der Waals surface area contributed by atoms with E-state index in [1.807, 2.05) is 0 Å². The molecular formula is C19H36NNaS. The molecule has 0 N–H and O–H groups in total. The molecule has 0 amide bonds. The zero-order valence-electron chi connectivity index (χ0n) is 16.1. The molecule has 0 rings (SSSR count). The van der Waals surface area contributed by atoms with Crippen molar-refractivity contribution in [3.05, 3.63) is 12.2 Å². The number of aliphatic imine (C=N–C) groups is 1. The first-order valence-corrected chi connectivity index (χ1v) is 9.51. The van der Waals surface area contributed by atoms with E-state index in [1.54, 1.807) is 0 Å². The first-order chi connectivity index (χ1) is 10.4. The number of allylic oxidation sites excluding steroid dienone is 2. The van der Waals surface area contributed by atoms with Crippen LogP contribution in [0, 0.1) is 0 Å². The second-order valence-corrected chi connectivity index (χ2v) is 6.09. The van der Waals surface area contributed by atoms with Crippen molar-refractivity contribution in [3.8, 4) is 0 Å². The molecule has 22 heavy (non-hydrogen) atoms. The minimum absolute atomic E-state index is 0. The standard InChI is InChI=1S/C19H35NS.Na.H/c1-2-3-4-5-6-7-8-9-10-11-12-13-14-15-16-17-18-20-19-21;;/h9-10H,2-8,11-18H2,1H3;;/q;+1;-1/b10-9-;;. The molecule has 0 spiro atoms. The van der Waals surface area contributed by atoms with Crippen molar-refractivity contribution >= 4 is 17.4 Å². The van der Waals surface area contributed by atoms with Crippen molar-refractivity contribution in [3.63, 3.8) is 0 Å². The van der Waals surface area contributed by atoms with Gasteiger partial charge in [-0.1, -0.05) is 76.9 Å². The smallest absolute Gasteiger partial charge is 1.00 e. The van der Waals surface area contributed by atoms with Crippen LogP contribution in [0.25, 0.3) is 0 Å². The van der Waals surface area contributed by atoms with Gasteiger partial charge in [0.25, 0.3) is 0 Å². The maximum Gasteiger partial charge on any atom is 1.00 e. The molecule has 0 radical (unpaired) electrons. The van der Waals surface area contributed by atoms with E-state index in [0.29, 0.717) is 0 Å². The number of rotatable bonds is 16. The summed E-state index contributed by atoms with van der Waals surface area (Å²) in [6.45, 7) is 3.14. The number of isothiocyanates is 1. The summed E-state index contributed by atoms with van der Waals surface area (Å²) >= 11 is 4.54. The van der Waals surface area contributed by atoms with Gasteiger partial charge in [0.15, 0.2) is 0 Å². The topological polar surface area (TPSA) is 12.4 Å². The Bertz CT molecular complexity index is 279. The molecule has 124 valence electrons. The summed E-state index contributed by atoms with van der Waals surface area (Å²) < 4.78 is 0. The maximum atomic E-state index is 4.54. The van der Waals surface area contributed by atoms with E-state index >= 15 is 0 Å². The SMILES string of the molecule is CCCCCCCC/C=C\CCCCCCCCN=C=S.[H-].[Na+]. The first-order valence-electron chi connectivity index (χ1n) is 9.10. The number of nitrogens with zero attached hydrogens (tertiary/aromatic N) is 1. The van der Waals surface area contributed by atoms with Crippen molar-refractivity contribution in [2.75, 3.05) is 6.54 Å². The average molecular weight is 334 g/mol. The molecule has 0 saturated heterocycles. The predicted molar refractivity (Wildman–Crippen MR) is 100 cm³/mol. The van der Waals surface area contributed by atoms with E-state index in [0.717, 1.165) is 6.54 Å². The molecule has 0 fully saturated rings. The van der Waals surface area contributed by atoms with Crippen LogP contribution in [-0.2, 0) is 0 Å². The molecular weight excluding hydrogens is 297 g/mol. The van der Waals surface area contributed by atoms with Crippen LogP contribution in [0.3, 0.4) is 0 Å². The Morgan fingerprint density at radius 2 is 1.23 bits per heavy atom. The Hall–Kier alpha value is 0.540. The van der Waals surface area contributed by atoms with E-state index < -0.39 is 0 Å². The molecule has 0 heterocycles.